The Morgan fingerprint density at radius 1 is 1.21 bits per heavy atom. The maximum absolute atomic E-state index is 16.2. The zero-order valence-electron chi connectivity index (χ0n) is 24.8. The number of ether oxygens (including phenoxy) is 2. The zero-order valence-corrected chi connectivity index (χ0v) is 25.5. The van der Waals surface area contributed by atoms with Crippen molar-refractivity contribution in [3.8, 4) is 22.8 Å². The van der Waals surface area contributed by atoms with Crippen LogP contribution in [0.4, 0.5) is 22.0 Å². The Morgan fingerprint density at radius 2 is 1.94 bits per heavy atom. The number of alkyl halides is 3. The summed E-state index contributed by atoms with van der Waals surface area (Å²) >= 11 is 6.15. The number of hydrogen-bond acceptors (Lipinski definition) is 7. The molecule has 9 nitrogen and oxygen atoms in total. The number of rotatable bonds is 9. The van der Waals surface area contributed by atoms with Gasteiger partial charge in [0.05, 0.1) is 17.3 Å². The second kappa shape index (κ2) is 11.3. The maximum atomic E-state index is 16.2. The van der Waals surface area contributed by atoms with Crippen molar-refractivity contribution >= 4 is 34.3 Å². The monoisotopic (exact) mass is 676 g/mol. The Morgan fingerprint density at radius 3 is 2.60 bits per heavy atom. The first-order valence-electron chi connectivity index (χ1n) is 14.3. The summed E-state index contributed by atoms with van der Waals surface area (Å²) in [6, 6.07) is 7.13. The van der Waals surface area contributed by atoms with Gasteiger partial charge in [0, 0.05) is 28.3 Å². The number of nitrogens with zero attached hydrogens (tertiary/aromatic N) is 2. The normalized spacial score (nSPS) is 19.2. The van der Waals surface area contributed by atoms with E-state index in [0.29, 0.717) is 10.9 Å². The van der Waals surface area contributed by atoms with Crippen LogP contribution in [-0.2, 0) is 15.8 Å². The Kier molecular flexibility index (Phi) is 7.79. The van der Waals surface area contributed by atoms with Gasteiger partial charge in [-0.2, -0.15) is 8.78 Å². The number of aryl methyl sites for hydroxylation is 1. The van der Waals surface area contributed by atoms with E-state index < -0.39 is 58.3 Å². The van der Waals surface area contributed by atoms with Crippen LogP contribution in [0.5, 0.6) is 11.5 Å². The lowest BCUT2D eigenvalue weighted by atomic mass is 9.80. The minimum Gasteiger partial charge on any atom is -0.489 e. The van der Waals surface area contributed by atoms with Crippen molar-refractivity contribution in [3.63, 3.8) is 0 Å². The number of aromatic nitrogens is 2. The number of pyridine rings is 2. The van der Waals surface area contributed by atoms with Crippen molar-refractivity contribution in [1.82, 2.24) is 15.3 Å². The van der Waals surface area contributed by atoms with Crippen LogP contribution in [-0.4, -0.2) is 52.3 Å². The predicted molar refractivity (Wildman–Crippen MR) is 159 cm³/mol. The van der Waals surface area contributed by atoms with Crippen LogP contribution in [0.15, 0.2) is 42.6 Å². The molecule has 0 saturated heterocycles. The average Bonchev–Trinajstić information content (AvgIpc) is 3.69. The molecular formula is C32H26ClF5N4O5. The summed E-state index contributed by atoms with van der Waals surface area (Å²) < 4.78 is 81.4. The smallest absolute Gasteiger partial charge is 0.387 e. The molecule has 3 heterocycles. The van der Waals surface area contributed by atoms with Crippen molar-refractivity contribution in [3.05, 3.63) is 81.6 Å². The molecule has 0 spiro atoms. The van der Waals surface area contributed by atoms with Crippen molar-refractivity contribution in [2.45, 2.75) is 50.0 Å². The van der Waals surface area contributed by atoms with Gasteiger partial charge in [-0.05, 0) is 68.7 Å². The fraction of sp³-hybridized carbons (Fsp3) is 0.312. The van der Waals surface area contributed by atoms with Gasteiger partial charge in [0.2, 0.25) is 5.91 Å². The number of aliphatic hydroxyl groups is 1. The third-order valence-electron chi connectivity index (χ3n) is 8.63. The fourth-order valence-electron chi connectivity index (χ4n) is 5.65. The number of hydrogen-bond donors (Lipinski definition) is 3. The van der Waals surface area contributed by atoms with Gasteiger partial charge in [-0.1, -0.05) is 11.6 Å². The van der Waals surface area contributed by atoms with Gasteiger partial charge < -0.3 is 25.6 Å². The Balaban J connectivity index is 1.44. The fourth-order valence-corrected chi connectivity index (χ4v) is 5.89. The van der Waals surface area contributed by atoms with Crippen LogP contribution >= 0.6 is 11.6 Å². The van der Waals surface area contributed by atoms with E-state index in [1.807, 2.05) is 0 Å². The lowest BCUT2D eigenvalue weighted by Crippen LogP contribution is -2.49. The van der Waals surface area contributed by atoms with Crippen LogP contribution in [0.2, 0.25) is 5.02 Å². The van der Waals surface area contributed by atoms with Crippen molar-refractivity contribution in [2.24, 2.45) is 5.73 Å². The molecule has 2 amide bonds. The first kappa shape index (κ1) is 32.4. The summed E-state index contributed by atoms with van der Waals surface area (Å²) in [5.74, 6) is -4.81. The number of primary amides is 1. The lowest BCUT2D eigenvalue weighted by molar-refractivity contribution is -0.123. The topological polar surface area (TPSA) is 137 Å². The quantitative estimate of drug-likeness (QED) is 0.160. The number of carbonyl (C=O) groups excluding carboxylic acids is 2. The molecule has 0 unspecified atom stereocenters. The molecule has 0 radical (unpaired) electrons. The van der Waals surface area contributed by atoms with Crippen molar-refractivity contribution in [1.29, 1.82) is 0 Å². The van der Waals surface area contributed by atoms with E-state index in [1.54, 1.807) is 13.0 Å². The number of carbonyl (C=O) groups is 2. The first-order chi connectivity index (χ1) is 22.1. The molecule has 4 N–H and O–H groups in total. The van der Waals surface area contributed by atoms with E-state index >= 15 is 4.39 Å². The van der Waals surface area contributed by atoms with Crippen molar-refractivity contribution in [2.75, 3.05) is 13.2 Å². The second-order valence-corrected chi connectivity index (χ2v) is 12.3. The molecule has 6 rings (SSSR count). The van der Waals surface area contributed by atoms with Crippen LogP contribution in [0, 0.1) is 18.6 Å². The summed E-state index contributed by atoms with van der Waals surface area (Å²) in [5.41, 5.74) is -0.830. The SMILES string of the molecule is Cc1cnc2c(OC(F)F)cc(C(=O)NC[C@](O)(c3cc4c(c(-c5ccc(F)c(F)c5Cl)n3)OC[C@]4(C)C(N)=O)C3(F)CC3)cc2c1. The van der Waals surface area contributed by atoms with Crippen LogP contribution in [0.25, 0.3) is 22.2 Å². The van der Waals surface area contributed by atoms with Crippen LogP contribution in [0.1, 0.15) is 46.9 Å². The predicted octanol–water partition coefficient (Wildman–Crippen LogP) is 5.39. The third kappa shape index (κ3) is 5.38. The van der Waals surface area contributed by atoms with Gasteiger partial charge in [-0.3, -0.25) is 14.6 Å². The molecule has 1 saturated carbocycles. The van der Waals surface area contributed by atoms with Gasteiger partial charge in [0.25, 0.3) is 5.91 Å². The highest BCUT2D eigenvalue weighted by Gasteiger charge is 2.62. The largest absolute Gasteiger partial charge is 0.489 e. The second-order valence-electron chi connectivity index (χ2n) is 11.9. The Labute approximate surface area is 268 Å². The number of halogens is 6. The van der Waals surface area contributed by atoms with E-state index in [4.69, 9.17) is 22.1 Å². The van der Waals surface area contributed by atoms with Crippen LogP contribution in [0.3, 0.4) is 0 Å². The third-order valence-corrected chi connectivity index (χ3v) is 9.00. The molecule has 2 atom stereocenters. The van der Waals surface area contributed by atoms with E-state index in [0.717, 1.165) is 18.2 Å². The number of nitrogens with one attached hydrogen (secondary N) is 1. The highest BCUT2D eigenvalue weighted by molar-refractivity contribution is 6.33. The number of benzene rings is 2. The Bertz CT molecular complexity index is 1980. The molecule has 2 aliphatic rings. The van der Waals surface area contributed by atoms with Crippen LogP contribution < -0.4 is 20.5 Å². The number of amides is 2. The molecule has 246 valence electrons. The molecule has 47 heavy (non-hydrogen) atoms. The summed E-state index contributed by atoms with van der Waals surface area (Å²) in [4.78, 5) is 34.5. The lowest BCUT2D eigenvalue weighted by Gasteiger charge is -2.33. The Hall–Kier alpha value is -4.56. The molecule has 2 aromatic heterocycles. The summed E-state index contributed by atoms with van der Waals surface area (Å²) in [5, 5.41) is 14.1. The standard InChI is InChI=1S/C32H26ClF5N4O5/c1-14-7-15-8-16(9-20(47-29(36)37)24(15)40-11-14)27(43)41-12-32(45,31(38)5-6-31)21-10-18-26(46-13-30(18,2)28(39)44)25(42-21)17-3-4-19(34)23(35)22(17)33/h3-4,7-11,29,45H,5-6,12-13H2,1-2H3,(H2,39,44)(H,41,43)/t30-,32-/m0/s1. The summed E-state index contributed by atoms with van der Waals surface area (Å²) in [6.45, 7) is -1.14. The molecule has 1 fully saturated rings. The maximum Gasteiger partial charge on any atom is 0.387 e. The summed E-state index contributed by atoms with van der Waals surface area (Å²) in [6.07, 6.45) is 1.16. The molecule has 1 aliphatic heterocycles. The van der Waals surface area contributed by atoms with Crippen molar-refractivity contribution < 1.29 is 46.1 Å². The summed E-state index contributed by atoms with van der Waals surface area (Å²) in [7, 11) is 0. The van der Waals surface area contributed by atoms with E-state index in [-0.39, 0.29) is 64.5 Å². The average molecular weight is 677 g/mol. The number of nitrogens with two attached hydrogens (primary N) is 1. The molecule has 15 heteroatoms. The van der Waals surface area contributed by atoms with Gasteiger partial charge in [-0.25, -0.2) is 18.2 Å². The minimum atomic E-state index is -3.22. The zero-order chi connectivity index (χ0) is 34.1. The number of fused-ring (bicyclic) bond motifs is 2. The van der Waals surface area contributed by atoms with Gasteiger partial charge >= 0.3 is 6.61 Å². The highest BCUT2D eigenvalue weighted by Crippen LogP contribution is 2.55. The van der Waals surface area contributed by atoms with Gasteiger partial charge in [0.15, 0.2) is 23.0 Å². The molecule has 2 aromatic carbocycles. The van der Waals surface area contributed by atoms with Gasteiger partial charge in [0.1, 0.15) is 34.7 Å². The molecule has 4 aromatic rings. The van der Waals surface area contributed by atoms with Gasteiger partial charge in [-0.15, -0.1) is 0 Å². The minimum absolute atomic E-state index is 0.0651. The first-order valence-corrected chi connectivity index (χ1v) is 14.6. The molecule has 0 bridgehead atoms. The molecular weight excluding hydrogens is 651 g/mol. The van der Waals surface area contributed by atoms with E-state index in [1.165, 1.54) is 25.3 Å². The van der Waals surface area contributed by atoms with E-state index in [9.17, 15) is 32.3 Å². The van der Waals surface area contributed by atoms with E-state index in [2.05, 4.69) is 20.0 Å². The molecule has 1 aliphatic carbocycles. The highest BCUT2D eigenvalue weighted by atomic mass is 35.5.